The van der Waals surface area contributed by atoms with Gasteiger partial charge < -0.3 is 14.9 Å². The molecule has 1 aromatic heterocycles. The zero-order valence-corrected chi connectivity index (χ0v) is 15.0. The molecule has 8 nitrogen and oxygen atoms in total. The van der Waals surface area contributed by atoms with E-state index in [1.165, 1.54) is 12.4 Å². The zero-order valence-electron chi connectivity index (χ0n) is 15.0. The summed E-state index contributed by atoms with van der Waals surface area (Å²) < 4.78 is 0. The van der Waals surface area contributed by atoms with Crippen molar-refractivity contribution in [2.75, 3.05) is 46.3 Å². The molecular formula is C18H25N5O3. The van der Waals surface area contributed by atoms with Gasteiger partial charge in [0, 0.05) is 63.6 Å². The van der Waals surface area contributed by atoms with E-state index in [9.17, 15) is 14.7 Å². The molecule has 0 unspecified atom stereocenters. The molecule has 0 spiro atoms. The highest BCUT2D eigenvalue weighted by atomic mass is 16.4. The van der Waals surface area contributed by atoms with Crippen molar-refractivity contribution < 1.29 is 14.7 Å². The second kappa shape index (κ2) is 6.59. The number of rotatable bonds is 3. The summed E-state index contributed by atoms with van der Waals surface area (Å²) >= 11 is 0. The minimum Gasteiger partial charge on any atom is -0.481 e. The van der Waals surface area contributed by atoms with E-state index in [1.807, 2.05) is 11.9 Å². The van der Waals surface area contributed by atoms with Crippen LogP contribution in [0.1, 0.15) is 23.3 Å². The van der Waals surface area contributed by atoms with E-state index in [0.717, 1.165) is 25.9 Å². The lowest BCUT2D eigenvalue weighted by Crippen LogP contribution is -2.48. The summed E-state index contributed by atoms with van der Waals surface area (Å²) in [5, 5.41) is 9.83. The number of carbonyl (C=O) groups is 2. The van der Waals surface area contributed by atoms with Crippen LogP contribution in [-0.2, 0) is 4.79 Å². The molecule has 8 heteroatoms. The fraction of sp³-hybridized carbons (Fsp3) is 0.667. The molecule has 3 fully saturated rings. The van der Waals surface area contributed by atoms with Crippen molar-refractivity contribution in [1.82, 2.24) is 24.7 Å². The molecule has 0 saturated carbocycles. The first kappa shape index (κ1) is 17.4. The topological polar surface area (TPSA) is 89.9 Å². The van der Waals surface area contributed by atoms with Gasteiger partial charge in [0.15, 0.2) is 0 Å². The number of carbonyl (C=O) groups excluding carboxylic acids is 1. The van der Waals surface area contributed by atoms with Gasteiger partial charge in [-0.05, 0) is 19.9 Å². The lowest BCUT2D eigenvalue weighted by atomic mass is 9.81. The van der Waals surface area contributed by atoms with Crippen LogP contribution in [0.3, 0.4) is 0 Å². The first-order valence-corrected chi connectivity index (χ1v) is 9.21. The van der Waals surface area contributed by atoms with Gasteiger partial charge in [-0.1, -0.05) is 0 Å². The lowest BCUT2D eigenvalue weighted by Gasteiger charge is -2.37. The maximum atomic E-state index is 12.5. The monoisotopic (exact) mass is 359 g/mol. The number of piperidine rings is 1. The quantitative estimate of drug-likeness (QED) is 0.814. The molecule has 1 amide bonds. The standard InChI is InChI=1S/C18H25N5O3/c1-21-9-13-10-23(12-18(13,11-21)17(25)26)14-2-6-22(7-3-14)16(24)15-8-19-4-5-20-15/h4-5,8,13-14H,2-3,6-7,9-12H2,1H3,(H,25,26)/t13-,18-/m0/s1. The third kappa shape index (κ3) is 2.87. The number of amides is 1. The van der Waals surface area contributed by atoms with E-state index in [0.29, 0.717) is 37.9 Å². The van der Waals surface area contributed by atoms with Crippen LogP contribution >= 0.6 is 0 Å². The molecule has 3 aliphatic heterocycles. The van der Waals surface area contributed by atoms with Crippen LogP contribution in [0.2, 0.25) is 0 Å². The Labute approximate surface area is 152 Å². The van der Waals surface area contributed by atoms with Crippen LogP contribution in [0.5, 0.6) is 0 Å². The Morgan fingerprint density at radius 3 is 2.58 bits per heavy atom. The molecule has 4 heterocycles. The van der Waals surface area contributed by atoms with Gasteiger partial charge in [0.05, 0.1) is 11.6 Å². The Morgan fingerprint density at radius 1 is 1.19 bits per heavy atom. The number of carboxylic acid groups (broad SMARTS) is 1. The summed E-state index contributed by atoms with van der Waals surface area (Å²) in [6, 6.07) is 0.355. The Bertz CT molecular complexity index is 691. The Balaban J connectivity index is 1.37. The first-order chi connectivity index (χ1) is 12.5. The molecule has 26 heavy (non-hydrogen) atoms. The van der Waals surface area contributed by atoms with Crippen molar-refractivity contribution in [3.05, 3.63) is 24.3 Å². The molecule has 0 aliphatic carbocycles. The van der Waals surface area contributed by atoms with E-state index >= 15 is 0 Å². The summed E-state index contributed by atoms with van der Waals surface area (Å²) in [6.45, 7) is 4.32. The molecule has 4 rings (SSSR count). The Hall–Kier alpha value is -2.06. The average molecular weight is 359 g/mol. The van der Waals surface area contributed by atoms with Gasteiger partial charge in [0.25, 0.3) is 5.91 Å². The smallest absolute Gasteiger partial charge is 0.312 e. The van der Waals surface area contributed by atoms with Crippen LogP contribution in [-0.4, -0.2) is 94.0 Å². The van der Waals surface area contributed by atoms with Gasteiger partial charge in [0.2, 0.25) is 0 Å². The fourth-order valence-corrected chi connectivity index (χ4v) is 4.94. The molecular weight excluding hydrogens is 334 g/mol. The van der Waals surface area contributed by atoms with E-state index < -0.39 is 11.4 Å². The number of likely N-dealkylation sites (tertiary alicyclic amines) is 3. The SMILES string of the molecule is CN1C[C@H]2CN(C3CCN(C(=O)c4cnccn4)CC3)C[C@@]2(C(=O)O)C1. The van der Waals surface area contributed by atoms with Crippen molar-refractivity contribution in [2.24, 2.45) is 11.3 Å². The predicted octanol–water partition coefficient (Wildman–Crippen LogP) is 0.0294. The van der Waals surface area contributed by atoms with E-state index in [1.54, 1.807) is 6.20 Å². The molecule has 0 radical (unpaired) electrons. The molecule has 3 saturated heterocycles. The van der Waals surface area contributed by atoms with Gasteiger partial charge in [0.1, 0.15) is 5.69 Å². The second-order valence-electron chi connectivity index (χ2n) is 7.90. The molecule has 0 bridgehead atoms. The number of hydrogen-bond acceptors (Lipinski definition) is 6. The van der Waals surface area contributed by atoms with Crippen LogP contribution in [0.4, 0.5) is 0 Å². The first-order valence-electron chi connectivity index (χ1n) is 9.21. The fourth-order valence-electron chi connectivity index (χ4n) is 4.94. The highest BCUT2D eigenvalue weighted by molar-refractivity contribution is 5.92. The molecule has 140 valence electrons. The van der Waals surface area contributed by atoms with Crippen LogP contribution in [0.15, 0.2) is 18.6 Å². The molecule has 1 N–H and O–H groups in total. The van der Waals surface area contributed by atoms with Crippen molar-refractivity contribution in [3.8, 4) is 0 Å². The number of nitrogens with zero attached hydrogens (tertiary/aromatic N) is 5. The maximum Gasteiger partial charge on any atom is 0.312 e. The highest BCUT2D eigenvalue weighted by Crippen LogP contribution is 2.43. The Kier molecular flexibility index (Phi) is 4.40. The largest absolute Gasteiger partial charge is 0.481 e. The van der Waals surface area contributed by atoms with Crippen LogP contribution in [0, 0.1) is 11.3 Å². The van der Waals surface area contributed by atoms with Crippen LogP contribution in [0.25, 0.3) is 0 Å². The summed E-state index contributed by atoms with van der Waals surface area (Å²) in [6.07, 6.45) is 6.35. The molecule has 2 atom stereocenters. The number of hydrogen-bond donors (Lipinski definition) is 1. The Morgan fingerprint density at radius 2 is 1.96 bits per heavy atom. The lowest BCUT2D eigenvalue weighted by molar-refractivity contribution is -0.149. The second-order valence-corrected chi connectivity index (χ2v) is 7.90. The van der Waals surface area contributed by atoms with E-state index in [2.05, 4.69) is 19.8 Å². The number of carboxylic acids is 1. The number of aliphatic carboxylic acids is 1. The summed E-state index contributed by atoms with van der Waals surface area (Å²) in [7, 11) is 2.00. The maximum absolute atomic E-state index is 12.5. The molecule has 0 aromatic carbocycles. The number of aromatic nitrogens is 2. The van der Waals surface area contributed by atoms with E-state index in [4.69, 9.17) is 0 Å². The average Bonchev–Trinajstić information content (AvgIpc) is 3.16. The van der Waals surface area contributed by atoms with Crippen molar-refractivity contribution in [2.45, 2.75) is 18.9 Å². The van der Waals surface area contributed by atoms with Crippen LogP contribution < -0.4 is 0 Å². The molecule has 3 aliphatic rings. The number of fused-ring (bicyclic) bond motifs is 1. The van der Waals surface area contributed by atoms with Gasteiger partial charge in [-0.3, -0.25) is 19.5 Å². The minimum atomic E-state index is -0.662. The van der Waals surface area contributed by atoms with Crippen molar-refractivity contribution >= 4 is 11.9 Å². The predicted molar refractivity (Wildman–Crippen MR) is 93.6 cm³/mol. The summed E-state index contributed by atoms with van der Waals surface area (Å²) in [4.78, 5) is 38.8. The normalized spacial score (nSPS) is 30.5. The van der Waals surface area contributed by atoms with Gasteiger partial charge >= 0.3 is 5.97 Å². The zero-order chi connectivity index (χ0) is 18.3. The third-order valence-electron chi connectivity index (χ3n) is 6.28. The van der Waals surface area contributed by atoms with Gasteiger partial charge in [-0.25, -0.2) is 4.98 Å². The van der Waals surface area contributed by atoms with E-state index in [-0.39, 0.29) is 11.8 Å². The minimum absolute atomic E-state index is 0.0709. The van der Waals surface area contributed by atoms with Crippen molar-refractivity contribution in [1.29, 1.82) is 0 Å². The third-order valence-corrected chi connectivity index (χ3v) is 6.28. The molecule has 1 aromatic rings. The van der Waals surface area contributed by atoms with Gasteiger partial charge in [-0.15, -0.1) is 0 Å². The highest BCUT2D eigenvalue weighted by Gasteiger charge is 2.57. The summed E-state index contributed by atoms with van der Waals surface area (Å²) in [5.41, 5.74) is -0.240. The van der Waals surface area contributed by atoms with Gasteiger partial charge in [-0.2, -0.15) is 0 Å². The summed E-state index contributed by atoms with van der Waals surface area (Å²) in [5.74, 6) is -0.535. The van der Waals surface area contributed by atoms with Crippen molar-refractivity contribution in [3.63, 3.8) is 0 Å².